The average molecular weight is 248 g/mol. The summed E-state index contributed by atoms with van der Waals surface area (Å²) < 4.78 is 8.55. The Hall–Kier alpha value is -1.82. The van der Waals surface area contributed by atoms with Gasteiger partial charge in [0.05, 0.1) is 23.5 Å². The van der Waals surface area contributed by atoms with Crippen LogP contribution in [0.2, 0.25) is 0 Å². The standard InChI is InChI=1S/C11H12N4OS/c1-13-10(6-11(16)14(13)2)8-3-4-15-9(5-8)7-12-17-15/h3-7,12H,1-2H3. The fraction of sp³-hybridized carbons (Fsp3) is 0.182. The maximum absolute atomic E-state index is 11.6. The van der Waals surface area contributed by atoms with Crippen LogP contribution in [0.5, 0.6) is 0 Å². The zero-order valence-corrected chi connectivity index (χ0v) is 10.4. The second kappa shape index (κ2) is 3.59. The first kappa shape index (κ1) is 10.3. The van der Waals surface area contributed by atoms with E-state index in [0.29, 0.717) is 0 Å². The molecule has 5 nitrogen and oxygen atoms in total. The van der Waals surface area contributed by atoms with Gasteiger partial charge in [-0.3, -0.25) is 18.5 Å². The first-order chi connectivity index (χ1) is 8.16. The van der Waals surface area contributed by atoms with E-state index in [9.17, 15) is 4.79 Å². The summed E-state index contributed by atoms with van der Waals surface area (Å²) in [5.41, 5.74) is 3.05. The van der Waals surface area contributed by atoms with Gasteiger partial charge in [0.1, 0.15) is 0 Å². The third kappa shape index (κ3) is 1.52. The summed E-state index contributed by atoms with van der Waals surface area (Å²) in [7, 11) is 3.64. The molecule has 3 heterocycles. The molecule has 1 aromatic heterocycles. The molecule has 0 unspecified atom stereocenters. The molecule has 0 radical (unpaired) electrons. The normalized spacial score (nSPS) is 17.6. The Balaban J connectivity index is 2.08. The van der Waals surface area contributed by atoms with Crippen LogP contribution in [-0.2, 0) is 14.1 Å². The lowest BCUT2D eigenvalue weighted by atomic mass is 10.1. The second-order valence-electron chi connectivity index (χ2n) is 3.93. The summed E-state index contributed by atoms with van der Waals surface area (Å²) in [6.07, 6.45) is 7.99. The summed E-state index contributed by atoms with van der Waals surface area (Å²) in [6, 6.07) is 1.65. The van der Waals surface area contributed by atoms with E-state index in [4.69, 9.17) is 0 Å². The van der Waals surface area contributed by atoms with Crippen LogP contribution in [-0.4, -0.2) is 13.7 Å². The van der Waals surface area contributed by atoms with Crippen molar-refractivity contribution in [3.63, 3.8) is 0 Å². The maximum atomic E-state index is 11.6. The molecular formula is C11H12N4OS. The van der Waals surface area contributed by atoms with E-state index in [-0.39, 0.29) is 5.56 Å². The van der Waals surface area contributed by atoms with Gasteiger partial charge >= 0.3 is 0 Å². The molecule has 17 heavy (non-hydrogen) atoms. The quantitative estimate of drug-likeness (QED) is 0.751. The van der Waals surface area contributed by atoms with Gasteiger partial charge in [0.15, 0.2) is 0 Å². The molecule has 88 valence electrons. The molecule has 0 amide bonds. The molecule has 0 aliphatic carbocycles. The fourth-order valence-corrected chi connectivity index (χ4v) is 2.50. The Labute approximate surface area is 103 Å². The molecule has 0 atom stereocenters. The first-order valence-electron chi connectivity index (χ1n) is 5.22. The van der Waals surface area contributed by atoms with E-state index in [1.165, 1.54) is 12.1 Å². The van der Waals surface area contributed by atoms with Gasteiger partial charge in [-0.2, -0.15) is 0 Å². The smallest absolute Gasteiger partial charge is 0.266 e. The minimum atomic E-state index is 0.00660. The lowest BCUT2D eigenvalue weighted by Crippen LogP contribution is -2.17. The minimum absolute atomic E-state index is 0.00660. The molecular weight excluding hydrogens is 236 g/mol. The van der Waals surface area contributed by atoms with Crippen molar-refractivity contribution >= 4 is 17.7 Å². The molecule has 0 aromatic carbocycles. The number of nitrogens with zero attached hydrogens (tertiary/aromatic N) is 3. The summed E-state index contributed by atoms with van der Waals surface area (Å²) >= 11 is 1.52. The Morgan fingerprint density at radius 3 is 2.82 bits per heavy atom. The van der Waals surface area contributed by atoms with E-state index < -0.39 is 0 Å². The van der Waals surface area contributed by atoms with Crippen LogP contribution in [0.25, 0.3) is 5.57 Å². The Bertz CT molecular complexity index is 620. The molecule has 0 bridgehead atoms. The summed E-state index contributed by atoms with van der Waals surface area (Å²) in [5.74, 6) is 0. The van der Waals surface area contributed by atoms with E-state index in [0.717, 1.165) is 17.0 Å². The molecule has 1 aromatic rings. The molecule has 2 aliphatic heterocycles. The van der Waals surface area contributed by atoms with Crippen LogP contribution in [0.3, 0.4) is 0 Å². The number of aromatic nitrogens is 2. The van der Waals surface area contributed by atoms with Gasteiger partial charge in [0.25, 0.3) is 5.56 Å². The monoisotopic (exact) mass is 248 g/mol. The predicted molar refractivity (Wildman–Crippen MR) is 68.4 cm³/mol. The Morgan fingerprint density at radius 2 is 2.12 bits per heavy atom. The van der Waals surface area contributed by atoms with Crippen LogP contribution >= 0.6 is 12.1 Å². The van der Waals surface area contributed by atoms with Crippen LogP contribution < -0.4 is 10.3 Å². The SMILES string of the molecule is Cn1c(C2=CC3=CNSN3C=C2)cc(=O)n1C. The fourth-order valence-electron chi connectivity index (χ4n) is 1.88. The lowest BCUT2D eigenvalue weighted by molar-refractivity contribution is 0.574. The van der Waals surface area contributed by atoms with E-state index in [1.807, 2.05) is 34.5 Å². The van der Waals surface area contributed by atoms with Crippen LogP contribution in [0.4, 0.5) is 0 Å². The van der Waals surface area contributed by atoms with Crippen molar-refractivity contribution in [1.29, 1.82) is 0 Å². The number of fused-ring (bicyclic) bond motifs is 1. The van der Waals surface area contributed by atoms with Gasteiger partial charge in [-0.15, -0.1) is 0 Å². The Morgan fingerprint density at radius 1 is 1.29 bits per heavy atom. The van der Waals surface area contributed by atoms with Gasteiger partial charge < -0.3 is 4.72 Å². The second-order valence-corrected chi connectivity index (χ2v) is 4.75. The molecule has 0 saturated carbocycles. The number of allylic oxidation sites excluding steroid dienone is 3. The van der Waals surface area contributed by atoms with Crippen LogP contribution in [0, 0.1) is 0 Å². The van der Waals surface area contributed by atoms with Gasteiger partial charge in [-0.25, -0.2) is 0 Å². The summed E-state index contributed by atoms with van der Waals surface area (Å²) in [5, 5.41) is 0. The average Bonchev–Trinajstić information content (AvgIpc) is 2.89. The van der Waals surface area contributed by atoms with Crippen molar-refractivity contribution in [3.8, 4) is 0 Å². The van der Waals surface area contributed by atoms with Crippen LogP contribution in [0.1, 0.15) is 5.69 Å². The molecule has 0 spiro atoms. The van der Waals surface area contributed by atoms with E-state index in [2.05, 4.69) is 10.8 Å². The molecule has 0 saturated heterocycles. The van der Waals surface area contributed by atoms with Gasteiger partial charge in [0.2, 0.25) is 0 Å². The van der Waals surface area contributed by atoms with Crippen molar-refractivity contribution < 1.29 is 0 Å². The topological polar surface area (TPSA) is 42.2 Å². The van der Waals surface area contributed by atoms with Crippen molar-refractivity contribution in [2.24, 2.45) is 14.1 Å². The van der Waals surface area contributed by atoms with Crippen molar-refractivity contribution in [1.82, 2.24) is 18.4 Å². The zero-order valence-electron chi connectivity index (χ0n) is 9.54. The summed E-state index contributed by atoms with van der Waals surface area (Å²) in [4.78, 5) is 11.6. The molecule has 2 aliphatic rings. The van der Waals surface area contributed by atoms with Crippen LogP contribution in [0.15, 0.2) is 41.1 Å². The minimum Gasteiger partial charge on any atom is -0.316 e. The highest BCUT2D eigenvalue weighted by Crippen LogP contribution is 2.30. The number of hydrogen-bond donors (Lipinski definition) is 1. The largest absolute Gasteiger partial charge is 0.316 e. The Kier molecular flexibility index (Phi) is 2.19. The first-order valence-corrected chi connectivity index (χ1v) is 5.99. The zero-order chi connectivity index (χ0) is 12.0. The molecule has 0 fully saturated rings. The highest BCUT2D eigenvalue weighted by molar-refractivity contribution is 7.95. The highest BCUT2D eigenvalue weighted by Gasteiger charge is 2.18. The third-order valence-electron chi connectivity index (χ3n) is 2.98. The van der Waals surface area contributed by atoms with Crippen molar-refractivity contribution in [2.45, 2.75) is 0 Å². The van der Waals surface area contributed by atoms with Gasteiger partial charge in [-0.1, -0.05) is 0 Å². The molecule has 1 N–H and O–H groups in total. The molecule has 6 heteroatoms. The lowest BCUT2D eigenvalue weighted by Gasteiger charge is -2.17. The number of hydrogen-bond acceptors (Lipinski definition) is 4. The number of rotatable bonds is 1. The predicted octanol–water partition coefficient (Wildman–Crippen LogP) is 0.944. The highest BCUT2D eigenvalue weighted by atomic mass is 32.2. The van der Waals surface area contributed by atoms with Crippen molar-refractivity contribution in [3.05, 3.63) is 52.4 Å². The summed E-state index contributed by atoms with van der Waals surface area (Å²) in [6.45, 7) is 0. The van der Waals surface area contributed by atoms with Gasteiger partial charge in [-0.05, 0) is 12.2 Å². The maximum Gasteiger partial charge on any atom is 0.266 e. The number of nitrogens with one attached hydrogen (secondary N) is 1. The van der Waals surface area contributed by atoms with Gasteiger partial charge in [0, 0.05) is 38.1 Å². The van der Waals surface area contributed by atoms with E-state index >= 15 is 0 Å². The van der Waals surface area contributed by atoms with Crippen molar-refractivity contribution in [2.75, 3.05) is 0 Å². The third-order valence-corrected chi connectivity index (χ3v) is 3.73. The van der Waals surface area contributed by atoms with E-state index in [1.54, 1.807) is 17.8 Å². The molecule has 3 rings (SSSR count).